The summed E-state index contributed by atoms with van der Waals surface area (Å²) in [6.07, 6.45) is 0. The second-order valence-electron chi connectivity index (χ2n) is 4.98. The first-order valence-corrected chi connectivity index (χ1v) is 6.71. The Hall–Kier alpha value is -3.06. The first-order valence-electron chi connectivity index (χ1n) is 6.71. The highest BCUT2D eigenvalue weighted by Gasteiger charge is 2.42. The zero-order chi connectivity index (χ0) is 16.6. The summed E-state index contributed by atoms with van der Waals surface area (Å²) < 4.78 is 13.2. The molecule has 1 heterocycles. The number of benzene rings is 2. The molecule has 0 spiro atoms. The van der Waals surface area contributed by atoms with E-state index in [-0.39, 0.29) is 21.9 Å². The molecule has 1 unspecified atom stereocenters. The van der Waals surface area contributed by atoms with E-state index in [1.54, 1.807) is 12.1 Å². The van der Waals surface area contributed by atoms with Gasteiger partial charge in [-0.3, -0.25) is 19.6 Å². The molecule has 0 saturated heterocycles. The van der Waals surface area contributed by atoms with Gasteiger partial charge < -0.3 is 5.32 Å². The van der Waals surface area contributed by atoms with Gasteiger partial charge in [-0.15, -0.1) is 0 Å². The van der Waals surface area contributed by atoms with E-state index < -0.39 is 29.5 Å². The Morgan fingerprint density at radius 1 is 1.13 bits per heavy atom. The van der Waals surface area contributed by atoms with Gasteiger partial charge in [-0.2, -0.15) is 5.06 Å². The van der Waals surface area contributed by atoms with Gasteiger partial charge in [0.1, 0.15) is 11.7 Å². The Kier molecular flexibility index (Phi) is 3.63. The molecule has 2 N–H and O–H groups in total. The van der Waals surface area contributed by atoms with E-state index in [1.807, 2.05) is 0 Å². The van der Waals surface area contributed by atoms with E-state index in [9.17, 15) is 24.0 Å². The topological polar surface area (TPSA) is 86.7 Å². The third-order valence-electron chi connectivity index (χ3n) is 3.50. The third kappa shape index (κ3) is 2.58. The number of rotatable bonds is 2. The highest BCUT2D eigenvalue weighted by Crippen LogP contribution is 2.29. The van der Waals surface area contributed by atoms with E-state index in [0.29, 0.717) is 0 Å². The molecule has 2 aromatic rings. The van der Waals surface area contributed by atoms with Crippen LogP contribution in [0.15, 0.2) is 48.5 Å². The second-order valence-corrected chi connectivity index (χ2v) is 4.98. The van der Waals surface area contributed by atoms with Crippen molar-refractivity contribution < 1.29 is 24.0 Å². The maximum atomic E-state index is 13.2. The van der Waals surface area contributed by atoms with Crippen molar-refractivity contribution in [3.05, 3.63) is 65.5 Å². The summed E-state index contributed by atoms with van der Waals surface area (Å²) in [6.45, 7) is 0. The molecule has 116 valence electrons. The summed E-state index contributed by atoms with van der Waals surface area (Å²) >= 11 is 0. The Labute approximate surface area is 130 Å². The lowest BCUT2D eigenvalue weighted by molar-refractivity contribution is -0.158. The van der Waals surface area contributed by atoms with Gasteiger partial charge in [0.25, 0.3) is 11.8 Å². The molecule has 23 heavy (non-hydrogen) atoms. The van der Waals surface area contributed by atoms with Gasteiger partial charge in [0.2, 0.25) is 5.91 Å². The highest BCUT2D eigenvalue weighted by molar-refractivity contribution is 6.20. The molecular formula is C16H11FN2O4. The van der Waals surface area contributed by atoms with Gasteiger partial charge in [-0.1, -0.05) is 24.3 Å². The summed E-state index contributed by atoms with van der Waals surface area (Å²) in [6, 6.07) is 11.2. The number of hydroxylamine groups is 2. The average molecular weight is 314 g/mol. The van der Waals surface area contributed by atoms with Gasteiger partial charge in [0, 0.05) is 11.3 Å². The SMILES string of the molecule is O=C(Nc1cccc(F)c1)C1C(=O)N(O)C(=O)c2ccccc21. The molecule has 3 rings (SSSR count). The molecule has 0 radical (unpaired) electrons. The largest absolute Gasteiger partial charge is 0.325 e. The Morgan fingerprint density at radius 2 is 1.87 bits per heavy atom. The molecule has 0 aliphatic carbocycles. The van der Waals surface area contributed by atoms with Gasteiger partial charge in [-0.25, -0.2) is 4.39 Å². The van der Waals surface area contributed by atoms with Crippen molar-refractivity contribution in [2.45, 2.75) is 5.92 Å². The highest BCUT2D eigenvalue weighted by atomic mass is 19.1. The Balaban J connectivity index is 1.97. The number of nitrogens with one attached hydrogen (secondary N) is 1. The van der Waals surface area contributed by atoms with Crippen LogP contribution in [0.25, 0.3) is 0 Å². The van der Waals surface area contributed by atoms with Crippen LogP contribution >= 0.6 is 0 Å². The van der Waals surface area contributed by atoms with E-state index in [2.05, 4.69) is 5.32 Å². The molecule has 0 fully saturated rings. The van der Waals surface area contributed by atoms with Crippen LogP contribution < -0.4 is 5.32 Å². The Bertz CT molecular complexity index is 821. The molecule has 1 aliphatic heterocycles. The van der Waals surface area contributed by atoms with Crippen LogP contribution in [0.4, 0.5) is 10.1 Å². The maximum Gasteiger partial charge on any atom is 0.284 e. The molecular weight excluding hydrogens is 303 g/mol. The smallest absolute Gasteiger partial charge is 0.284 e. The lowest BCUT2D eigenvalue weighted by atomic mass is 9.88. The molecule has 7 heteroatoms. The third-order valence-corrected chi connectivity index (χ3v) is 3.50. The van der Waals surface area contributed by atoms with Crippen molar-refractivity contribution in [3.8, 4) is 0 Å². The number of nitrogens with zero attached hydrogens (tertiary/aromatic N) is 1. The van der Waals surface area contributed by atoms with Crippen molar-refractivity contribution in [3.63, 3.8) is 0 Å². The van der Waals surface area contributed by atoms with Crippen LogP contribution in [0.2, 0.25) is 0 Å². The van der Waals surface area contributed by atoms with Crippen molar-refractivity contribution in [2.75, 3.05) is 5.32 Å². The van der Waals surface area contributed by atoms with Crippen LogP contribution in [0, 0.1) is 5.82 Å². The number of anilines is 1. The standard InChI is InChI=1S/C16H11FN2O4/c17-9-4-3-5-10(8-9)18-14(20)13-11-6-1-2-7-12(11)15(21)19(23)16(13)22/h1-8,13,23H,(H,18,20). The van der Waals surface area contributed by atoms with Crippen LogP contribution in [-0.2, 0) is 9.59 Å². The van der Waals surface area contributed by atoms with Crippen molar-refractivity contribution in [2.24, 2.45) is 0 Å². The van der Waals surface area contributed by atoms with Crippen LogP contribution in [0.5, 0.6) is 0 Å². The fourth-order valence-electron chi connectivity index (χ4n) is 2.45. The molecule has 0 aromatic heterocycles. The zero-order valence-corrected chi connectivity index (χ0v) is 11.7. The fourth-order valence-corrected chi connectivity index (χ4v) is 2.45. The van der Waals surface area contributed by atoms with Gasteiger partial charge in [0.15, 0.2) is 0 Å². The second kappa shape index (κ2) is 5.62. The summed E-state index contributed by atoms with van der Waals surface area (Å²) in [5.41, 5.74) is 0.428. The van der Waals surface area contributed by atoms with E-state index >= 15 is 0 Å². The number of hydrogen-bond donors (Lipinski definition) is 2. The number of amides is 3. The monoisotopic (exact) mass is 314 g/mol. The van der Waals surface area contributed by atoms with E-state index in [1.165, 1.54) is 30.3 Å². The number of halogens is 1. The average Bonchev–Trinajstić information content (AvgIpc) is 2.53. The summed E-state index contributed by atoms with van der Waals surface area (Å²) in [5.74, 6) is -4.64. The predicted octanol–water partition coefficient (Wildman–Crippen LogP) is 1.92. The van der Waals surface area contributed by atoms with E-state index in [0.717, 1.165) is 6.07 Å². The molecule has 1 aliphatic rings. The summed E-state index contributed by atoms with van der Waals surface area (Å²) in [7, 11) is 0. The quantitative estimate of drug-likeness (QED) is 0.504. The van der Waals surface area contributed by atoms with Crippen LogP contribution in [0.1, 0.15) is 21.8 Å². The minimum Gasteiger partial charge on any atom is -0.325 e. The maximum absolute atomic E-state index is 13.2. The molecule has 1 atom stereocenters. The first kappa shape index (κ1) is 14.9. The summed E-state index contributed by atoms with van der Waals surface area (Å²) in [5, 5.41) is 12.0. The van der Waals surface area contributed by atoms with Gasteiger partial charge >= 0.3 is 0 Å². The molecule has 6 nitrogen and oxygen atoms in total. The molecule has 2 aromatic carbocycles. The number of carbonyl (C=O) groups excluding carboxylic acids is 3. The zero-order valence-electron chi connectivity index (χ0n) is 11.7. The minimum atomic E-state index is -1.39. The van der Waals surface area contributed by atoms with Gasteiger partial charge in [-0.05, 0) is 29.8 Å². The molecule has 3 amide bonds. The summed E-state index contributed by atoms with van der Waals surface area (Å²) in [4.78, 5) is 36.4. The van der Waals surface area contributed by atoms with Crippen LogP contribution in [-0.4, -0.2) is 28.0 Å². The lowest BCUT2D eigenvalue weighted by Gasteiger charge is -2.27. The lowest BCUT2D eigenvalue weighted by Crippen LogP contribution is -2.46. The molecule has 0 bridgehead atoms. The number of hydrogen-bond acceptors (Lipinski definition) is 4. The van der Waals surface area contributed by atoms with Crippen molar-refractivity contribution in [1.82, 2.24) is 5.06 Å². The minimum absolute atomic E-state index is 0.0639. The normalized spacial score (nSPS) is 17.0. The number of fused-ring (bicyclic) bond motifs is 1. The fraction of sp³-hybridized carbons (Fsp3) is 0.0625. The number of carbonyl (C=O) groups is 3. The van der Waals surface area contributed by atoms with Crippen molar-refractivity contribution in [1.29, 1.82) is 0 Å². The van der Waals surface area contributed by atoms with E-state index in [4.69, 9.17) is 0 Å². The Morgan fingerprint density at radius 3 is 2.61 bits per heavy atom. The number of imide groups is 1. The van der Waals surface area contributed by atoms with Gasteiger partial charge in [0.05, 0.1) is 0 Å². The predicted molar refractivity (Wildman–Crippen MR) is 77.2 cm³/mol. The van der Waals surface area contributed by atoms with Crippen LogP contribution in [0.3, 0.4) is 0 Å². The van der Waals surface area contributed by atoms with Crippen molar-refractivity contribution >= 4 is 23.4 Å². The molecule has 0 saturated carbocycles. The first-order chi connectivity index (χ1) is 11.0.